The van der Waals surface area contributed by atoms with E-state index < -0.39 is 10.9 Å². The van der Waals surface area contributed by atoms with Gasteiger partial charge in [0.15, 0.2) is 0 Å². The number of ether oxygens (including phenoxy) is 1. The zero-order valence-electron chi connectivity index (χ0n) is 10.4. The van der Waals surface area contributed by atoms with Crippen LogP contribution in [0, 0.1) is 10.1 Å². The third-order valence-corrected chi connectivity index (χ3v) is 2.24. The molecule has 7 heteroatoms. The Labute approximate surface area is 109 Å². The highest BCUT2D eigenvalue weighted by Gasteiger charge is 2.07. The first kappa shape index (κ1) is 14.6. The van der Waals surface area contributed by atoms with Crippen molar-refractivity contribution in [3.63, 3.8) is 0 Å². The van der Waals surface area contributed by atoms with Gasteiger partial charge in [0.25, 0.3) is 5.69 Å². The third-order valence-electron chi connectivity index (χ3n) is 2.24. The van der Waals surface area contributed by atoms with Crippen LogP contribution in [0.25, 0.3) is 0 Å². The molecule has 0 aliphatic carbocycles. The maximum absolute atomic E-state index is 11.5. The quantitative estimate of drug-likeness (QED) is 0.355. The van der Waals surface area contributed by atoms with Crippen molar-refractivity contribution in [2.75, 3.05) is 13.2 Å². The first-order valence-electron chi connectivity index (χ1n) is 5.62. The second-order valence-corrected chi connectivity index (χ2v) is 3.79. The number of nitro groups is 1. The van der Waals surface area contributed by atoms with E-state index in [1.165, 1.54) is 31.2 Å². The van der Waals surface area contributed by atoms with Gasteiger partial charge in [-0.3, -0.25) is 19.7 Å². The van der Waals surface area contributed by atoms with Crippen LogP contribution in [-0.4, -0.2) is 30.0 Å². The summed E-state index contributed by atoms with van der Waals surface area (Å²) in [6.07, 6.45) is 0.123. The smallest absolute Gasteiger partial charge is 0.302 e. The van der Waals surface area contributed by atoms with Crippen molar-refractivity contribution in [3.05, 3.63) is 39.9 Å². The van der Waals surface area contributed by atoms with E-state index in [0.717, 1.165) is 0 Å². The van der Waals surface area contributed by atoms with Crippen LogP contribution < -0.4 is 5.32 Å². The van der Waals surface area contributed by atoms with Crippen LogP contribution >= 0.6 is 0 Å². The van der Waals surface area contributed by atoms with Crippen molar-refractivity contribution in [2.24, 2.45) is 0 Å². The Morgan fingerprint density at radius 2 is 1.95 bits per heavy atom. The number of nitrogens with one attached hydrogen (secondary N) is 1. The number of benzene rings is 1. The first-order valence-corrected chi connectivity index (χ1v) is 5.62. The minimum absolute atomic E-state index is 0.0148. The summed E-state index contributed by atoms with van der Waals surface area (Å²) in [7, 11) is 0. The first-order chi connectivity index (χ1) is 8.99. The number of nitro benzene ring substituents is 1. The summed E-state index contributed by atoms with van der Waals surface area (Å²) < 4.78 is 4.66. The van der Waals surface area contributed by atoms with Crippen LogP contribution in [0.5, 0.6) is 0 Å². The molecule has 0 saturated carbocycles. The van der Waals surface area contributed by atoms with Gasteiger partial charge in [0.2, 0.25) is 5.91 Å². The maximum Gasteiger partial charge on any atom is 0.302 e. The molecule has 0 saturated heterocycles. The Balaban J connectivity index is 2.35. The maximum atomic E-state index is 11.5. The molecule has 0 aromatic heterocycles. The topological polar surface area (TPSA) is 98.5 Å². The van der Waals surface area contributed by atoms with E-state index >= 15 is 0 Å². The highest BCUT2D eigenvalue weighted by atomic mass is 16.6. The fourth-order valence-electron chi connectivity index (χ4n) is 1.37. The molecular weight excluding hydrogens is 252 g/mol. The van der Waals surface area contributed by atoms with Crippen LogP contribution in [0.3, 0.4) is 0 Å². The summed E-state index contributed by atoms with van der Waals surface area (Å²) in [6.45, 7) is 1.66. The Morgan fingerprint density at radius 1 is 1.32 bits per heavy atom. The Hall–Kier alpha value is -2.44. The van der Waals surface area contributed by atoms with E-state index in [1.807, 2.05) is 0 Å². The molecule has 1 aromatic rings. The van der Waals surface area contributed by atoms with Crippen LogP contribution in [-0.2, 0) is 20.7 Å². The van der Waals surface area contributed by atoms with Gasteiger partial charge in [0.1, 0.15) is 6.61 Å². The van der Waals surface area contributed by atoms with Gasteiger partial charge in [0.05, 0.1) is 17.9 Å². The summed E-state index contributed by atoms with van der Waals surface area (Å²) in [5.41, 5.74) is 0.662. The number of rotatable bonds is 6. The average Bonchev–Trinajstić information content (AvgIpc) is 2.35. The van der Waals surface area contributed by atoms with Crippen molar-refractivity contribution in [3.8, 4) is 0 Å². The standard InChI is InChI=1S/C12H14N2O5/c1-9(15)19-7-6-13-12(16)8-10-2-4-11(5-3-10)14(17)18/h2-5H,6-8H2,1H3,(H,13,16). The molecule has 0 aliphatic heterocycles. The van der Waals surface area contributed by atoms with Crippen LogP contribution in [0.4, 0.5) is 5.69 Å². The van der Waals surface area contributed by atoms with Crippen LogP contribution in [0.15, 0.2) is 24.3 Å². The van der Waals surface area contributed by atoms with E-state index in [0.29, 0.717) is 5.56 Å². The van der Waals surface area contributed by atoms with Gasteiger partial charge < -0.3 is 10.1 Å². The molecule has 0 heterocycles. The van der Waals surface area contributed by atoms with Crippen molar-refractivity contribution in [2.45, 2.75) is 13.3 Å². The summed E-state index contributed by atoms with van der Waals surface area (Å²) in [6, 6.07) is 5.76. The summed E-state index contributed by atoms with van der Waals surface area (Å²) in [5, 5.41) is 13.0. The van der Waals surface area contributed by atoms with Gasteiger partial charge in [-0.2, -0.15) is 0 Å². The van der Waals surface area contributed by atoms with Gasteiger partial charge in [-0.25, -0.2) is 0 Å². The van der Waals surface area contributed by atoms with Crippen molar-refractivity contribution >= 4 is 17.6 Å². The van der Waals surface area contributed by atoms with E-state index in [1.54, 1.807) is 0 Å². The Kier molecular flexibility index (Phi) is 5.46. The molecule has 0 aliphatic rings. The fraction of sp³-hybridized carbons (Fsp3) is 0.333. The number of non-ortho nitro benzene ring substituents is 1. The lowest BCUT2D eigenvalue weighted by atomic mass is 10.1. The lowest BCUT2D eigenvalue weighted by Crippen LogP contribution is -2.29. The second kappa shape index (κ2) is 7.10. The summed E-state index contributed by atoms with van der Waals surface area (Å²) in [5.74, 6) is -0.634. The number of hydrogen-bond acceptors (Lipinski definition) is 5. The molecule has 0 unspecified atom stereocenters. The highest BCUT2D eigenvalue weighted by molar-refractivity contribution is 5.78. The number of hydrogen-bond donors (Lipinski definition) is 1. The number of esters is 1. The van der Waals surface area contributed by atoms with E-state index in [4.69, 9.17) is 0 Å². The third kappa shape index (κ3) is 5.62. The molecule has 102 valence electrons. The minimum atomic E-state index is -0.497. The SMILES string of the molecule is CC(=O)OCCNC(=O)Cc1ccc([N+](=O)[O-])cc1. The molecule has 1 amide bonds. The predicted octanol–water partition coefficient (Wildman–Crippen LogP) is 0.817. The molecule has 1 aromatic carbocycles. The zero-order chi connectivity index (χ0) is 14.3. The van der Waals surface area contributed by atoms with E-state index in [9.17, 15) is 19.7 Å². The number of carbonyl (C=O) groups excluding carboxylic acids is 2. The molecule has 0 bridgehead atoms. The van der Waals surface area contributed by atoms with Gasteiger partial charge >= 0.3 is 5.97 Å². The molecule has 1 rings (SSSR count). The Bertz CT molecular complexity index is 470. The van der Waals surface area contributed by atoms with Gasteiger partial charge in [-0.1, -0.05) is 12.1 Å². The summed E-state index contributed by atoms with van der Waals surface area (Å²) in [4.78, 5) is 31.9. The normalized spacial score (nSPS) is 9.74. The van der Waals surface area contributed by atoms with Crippen molar-refractivity contribution in [1.82, 2.24) is 5.32 Å². The van der Waals surface area contributed by atoms with Crippen LogP contribution in [0.2, 0.25) is 0 Å². The second-order valence-electron chi connectivity index (χ2n) is 3.79. The van der Waals surface area contributed by atoms with E-state index in [-0.39, 0.29) is 31.2 Å². The molecule has 19 heavy (non-hydrogen) atoms. The largest absolute Gasteiger partial charge is 0.464 e. The monoisotopic (exact) mass is 266 g/mol. The predicted molar refractivity (Wildman–Crippen MR) is 66.4 cm³/mol. The number of nitrogens with zero attached hydrogens (tertiary/aromatic N) is 1. The molecule has 1 N–H and O–H groups in total. The van der Waals surface area contributed by atoms with Gasteiger partial charge in [-0.05, 0) is 5.56 Å². The lowest BCUT2D eigenvalue weighted by molar-refractivity contribution is -0.384. The molecule has 0 atom stereocenters. The summed E-state index contributed by atoms with van der Waals surface area (Å²) >= 11 is 0. The molecule has 0 radical (unpaired) electrons. The van der Waals surface area contributed by atoms with Crippen LogP contribution in [0.1, 0.15) is 12.5 Å². The average molecular weight is 266 g/mol. The fourth-order valence-corrected chi connectivity index (χ4v) is 1.37. The van der Waals surface area contributed by atoms with Gasteiger partial charge in [-0.15, -0.1) is 0 Å². The molecule has 0 spiro atoms. The number of amides is 1. The molecular formula is C12H14N2O5. The van der Waals surface area contributed by atoms with Crippen molar-refractivity contribution < 1.29 is 19.2 Å². The molecule has 7 nitrogen and oxygen atoms in total. The minimum Gasteiger partial charge on any atom is -0.464 e. The van der Waals surface area contributed by atoms with Crippen molar-refractivity contribution in [1.29, 1.82) is 0 Å². The zero-order valence-corrected chi connectivity index (χ0v) is 10.4. The number of carbonyl (C=O) groups is 2. The van der Waals surface area contributed by atoms with Gasteiger partial charge in [0, 0.05) is 19.1 Å². The molecule has 0 fully saturated rings. The Morgan fingerprint density at radius 3 is 2.47 bits per heavy atom. The lowest BCUT2D eigenvalue weighted by Gasteiger charge is -2.05. The highest BCUT2D eigenvalue weighted by Crippen LogP contribution is 2.12. The van der Waals surface area contributed by atoms with E-state index in [2.05, 4.69) is 10.1 Å².